The number of carbonyl (C=O) groups excluding carboxylic acids is 1. The van der Waals surface area contributed by atoms with Gasteiger partial charge in [-0.3, -0.25) is 4.79 Å². The fourth-order valence-corrected chi connectivity index (χ4v) is 2.02. The average Bonchev–Trinajstić information content (AvgIpc) is 2.77. The smallest absolute Gasteiger partial charge is 0.224 e. The van der Waals surface area contributed by atoms with E-state index in [9.17, 15) is 4.79 Å². The monoisotopic (exact) mass is 236 g/mol. The maximum atomic E-state index is 11.6. The second kappa shape index (κ2) is 5.31. The van der Waals surface area contributed by atoms with Gasteiger partial charge in [-0.1, -0.05) is 6.92 Å². The van der Waals surface area contributed by atoms with Gasteiger partial charge in [0.15, 0.2) is 0 Å². The van der Waals surface area contributed by atoms with Crippen molar-refractivity contribution in [3.63, 3.8) is 0 Å². The van der Waals surface area contributed by atoms with Crippen LogP contribution in [0.1, 0.15) is 31.3 Å². The summed E-state index contributed by atoms with van der Waals surface area (Å²) in [6.07, 6.45) is 5.53. The molecule has 0 spiro atoms. The lowest BCUT2D eigenvalue weighted by atomic mass is 10.2. The molecule has 1 unspecified atom stereocenters. The molecule has 0 fully saturated rings. The highest BCUT2D eigenvalue weighted by atomic mass is 16.1. The van der Waals surface area contributed by atoms with Gasteiger partial charge in [0.2, 0.25) is 5.91 Å². The van der Waals surface area contributed by atoms with E-state index in [1.165, 1.54) is 12.8 Å². The van der Waals surface area contributed by atoms with Crippen molar-refractivity contribution in [2.24, 2.45) is 11.7 Å². The van der Waals surface area contributed by atoms with Crippen LogP contribution in [0, 0.1) is 5.92 Å². The normalized spacial score (nSPS) is 16.4. The molecule has 2 rings (SSSR count). The van der Waals surface area contributed by atoms with E-state index in [1.54, 1.807) is 0 Å². The molecule has 0 bridgehead atoms. The summed E-state index contributed by atoms with van der Waals surface area (Å²) < 4.78 is 2.19. The van der Waals surface area contributed by atoms with Gasteiger partial charge in [0.25, 0.3) is 0 Å². The first-order valence-electron chi connectivity index (χ1n) is 6.23. The third-order valence-corrected chi connectivity index (χ3v) is 3.20. The van der Waals surface area contributed by atoms with Crippen molar-refractivity contribution in [2.45, 2.75) is 39.3 Å². The lowest BCUT2D eigenvalue weighted by molar-refractivity contribution is -0.124. The predicted octanol–water partition coefficient (Wildman–Crippen LogP) is 0.430. The molecular weight excluding hydrogens is 216 g/mol. The number of amides is 1. The summed E-state index contributed by atoms with van der Waals surface area (Å²) in [5.74, 6) is 1.01. The molecule has 0 aromatic carbocycles. The van der Waals surface area contributed by atoms with Crippen molar-refractivity contribution in [3.05, 3.63) is 17.7 Å². The minimum absolute atomic E-state index is 0.00141. The second-order valence-corrected chi connectivity index (χ2v) is 4.65. The van der Waals surface area contributed by atoms with Crippen molar-refractivity contribution in [1.82, 2.24) is 14.9 Å². The molecule has 3 N–H and O–H groups in total. The Kier molecular flexibility index (Phi) is 3.78. The number of nitrogens with two attached hydrogens (primary N) is 1. The fraction of sp³-hybridized carbons (Fsp3) is 0.667. The first-order chi connectivity index (χ1) is 8.20. The second-order valence-electron chi connectivity index (χ2n) is 4.65. The Balaban J connectivity index is 1.91. The minimum atomic E-state index is -0.132. The first-order valence-corrected chi connectivity index (χ1v) is 6.23. The maximum Gasteiger partial charge on any atom is 0.224 e. The molecule has 1 amide bonds. The van der Waals surface area contributed by atoms with Crippen LogP contribution < -0.4 is 11.1 Å². The van der Waals surface area contributed by atoms with Crippen molar-refractivity contribution >= 4 is 5.91 Å². The van der Waals surface area contributed by atoms with Gasteiger partial charge in [0.1, 0.15) is 5.82 Å². The Labute approximate surface area is 101 Å². The minimum Gasteiger partial charge on any atom is -0.350 e. The number of aryl methyl sites for hydroxylation is 2. The van der Waals surface area contributed by atoms with Crippen LogP contribution >= 0.6 is 0 Å². The van der Waals surface area contributed by atoms with Gasteiger partial charge < -0.3 is 15.6 Å². The van der Waals surface area contributed by atoms with Gasteiger partial charge in [-0.2, -0.15) is 0 Å². The topological polar surface area (TPSA) is 72.9 Å². The summed E-state index contributed by atoms with van der Waals surface area (Å²) in [5.41, 5.74) is 6.38. The molecule has 5 heteroatoms. The van der Waals surface area contributed by atoms with Crippen molar-refractivity contribution in [3.8, 4) is 0 Å². The molecule has 0 saturated carbocycles. The van der Waals surface area contributed by atoms with Crippen LogP contribution in [-0.2, 0) is 24.3 Å². The maximum absolute atomic E-state index is 11.6. The van der Waals surface area contributed by atoms with Crippen LogP contribution in [0.2, 0.25) is 0 Å². The Bertz CT molecular complexity index is 376. The van der Waals surface area contributed by atoms with E-state index >= 15 is 0 Å². The SMILES string of the molecule is CC(CN)C(=O)NCc1cn2c(n1)CCCC2. The number of fused-ring (bicyclic) bond motifs is 1. The summed E-state index contributed by atoms with van der Waals surface area (Å²) in [5, 5.41) is 2.86. The van der Waals surface area contributed by atoms with E-state index < -0.39 is 0 Å². The molecule has 5 nitrogen and oxygen atoms in total. The molecule has 1 atom stereocenters. The van der Waals surface area contributed by atoms with Crippen LogP contribution in [0.25, 0.3) is 0 Å². The highest BCUT2D eigenvalue weighted by molar-refractivity contribution is 5.78. The largest absolute Gasteiger partial charge is 0.350 e. The Morgan fingerprint density at radius 1 is 1.65 bits per heavy atom. The number of nitrogens with one attached hydrogen (secondary N) is 1. The molecule has 1 aromatic rings. The molecule has 0 aliphatic carbocycles. The van der Waals surface area contributed by atoms with Gasteiger partial charge in [-0.25, -0.2) is 4.98 Å². The Morgan fingerprint density at radius 2 is 2.47 bits per heavy atom. The van der Waals surface area contributed by atoms with E-state index in [1.807, 2.05) is 13.1 Å². The zero-order valence-electron chi connectivity index (χ0n) is 10.3. The number of hydrogen-bond acceptors (Lipinski definition) is 3. The molecule has 1 aliphatic rings. The standard InChI is InChI=1S/C12H20N4O/c1-9(6-13)12(17)14-7-10-8-16-5-3-2-4-11(16)15-10/h8-9H,2-7,13H2,1H3,(H,14,17). The summed E-state index contributed by atoms with van der Waals surface area (Å²) in [4.78, 5) is 16.1. The predicted molar refractivity (Wildman–Crippen MR) is 65.2 cm³/mol. The van der Waals surface area contributed by atoms with Gasteiger partial charge in [-0.15, -0.1) is 0 Å². The Hall–Kier alpha value is -1.36. The molecule has 0 radical (unpaired) electrons. The van der Waals surface area contributed by atoms with Gasteiger partial charge in [0.05, 0.1) is 12.2 Å². The Morgan fingerprint density at radius 3 is 3.18 bits per heavy atom. The van der Waals surface area contributed by atoms with Gasteiger partial charge in [0, 0.05) is 31.6 Å². The lowest BCUT2D eigenvalue weighted by Gasteiger charge is -2.11. The lowest BCUT2D eigenvalue weighted by Crippen LogP contribution is -2.32. The third-order valence-electron chi connectivity index (χ3n) is 3.20. The summed E-state index contributed by atoms with van der Waals surface area (Å²) in [6.45, 7) is 3.76. The summed E-state index contributed by atoms with van der Waals surface area (Å²) in [6, 6.07) is 0. The zero-order valence-corrected chi connectivity index (χ0v) is 10.3. The summed E-state index contributed by atoms with van der Waals surface area (Å²) >= 11 is 0. The quantitative estimate of drug-likeness (QED) is 0.796. The molecule has 1 aromatic heterocycles. The number of nitrogens with zero attached hydrogens (tertiary/aromatic N) is 2. The van der Waals surface area contributed by atoms with Crippen molar-refractivity contribution < 1.29 is 4.79 Å². The molecule has 17 heavy (non-hydrogen) atoms. The number of carbonyl (C=O) groups is 1. The van der Waals surface area contributed by atoms with Gasteiger partial charge in [-0.05, 0) is 12.8 Å². The van der Waals surface area contributed by atoms with E-state index in [0.29, 0.717) is 13.1 Å². The number of aromatic nitrogens is 2. The molecule has 1 aliphatic heterocycles. The van der Waals surface area contributed by atoms with E-state index in [2.05, 4.69) is 14.9 Å². The van der Waals surface area contributed by atoms with Crippen molar-refractivity contribution in [2.75, 3.05) is 6.54 Å². The van der Waals surface area contributed by atoms with Crippen LogP contribution in [0.4, 0.5) is 0 Å². The molecule has 0 saturated heterocycles. The van der Waals surface area contributed by atoms with E-state index in [0.717, 1.165) is 24.5 Å². The van der Waals surface area contributed by atoms with E-state index in [-0.39, 0.29) is 11.8 Å². The number of rotatable bonds is 4. The third kappa shape index (κ3) is 2.85. The fourth-order valence-electron chi connectivity index (χ4n) is 2.02. The van der Waals surface area contributed by atoms with Crippen LogP contribution in [0.5, 0.6) is 0 Å². The molecule has 2 heterocycles. The van der Waals surface area contributed by atoms with Crippen molar-refractivity contribution in [1.29, 1.82) is 0 Å². The van der Waals surface area contributed by atoms with Gasteiger partial charge >= 0.3 is 0 Å². The first kappa shape index (κ1) is 12.1. The van der Waals surface area contributed by atoms with Crippen LogP contribution in [-0.4, -0.2) is 22.0 Å². The average molecular weight is 236 g/mol. The number of imidazole rings is 1. The van der Waals surface area contributed by atoms with Crippen LogP contribution in [0.15, 0.2) is 6.20 Å². The van der Waals surface area contributed by atoms with Crippen LogP contribution in [0.3, 0.4) is 0 Å². The number of hydrogen-bond donors (Lipinski definition) is 2. The highest BCUT2D eigenvalue weighted by Gasteiger charge is 2.14. The highest BCUT2D eigenvalue weighted by Crippen LogP contribution is 2.14. The molecule has 94 valence electrons. The zero-order chi connectivity index (χ0) is 12.3. The molecular formula is C12H20N4O. The summed E-state index contributed by atoms with van der Waals surface area (Å²) in [7, 11) is 0. The van der Waals surface area contributed by atoms with E-state index in [4.69, 9.17) is 5.73 Å².